The van der Waals surface area contributed by atoms with Crippen LogP contribution in [0.4, 0.5) is 11.8 Å². The van der Waals surface area contributed by atoms with E-state index in [1.54, 1.807) is 0 Å². The molecule has 7 rings (SSSR count). The van der Waals surface area contributed by atoms with Crippen molar-refractivity contribution in [2.75, 3.05) is 11.4 Å². The molecule has 3 aromatic carbocycles. The van der Waals surface area contributed by atoms with E-state index in [0.717, 1.165) is 64.5 Å². The molecule has 0 atom stereocenters. The molecule has 0 saturated carbocycles. The molecule has 168 valence electrons. The second kappa shape index (κ2) is 7.44. The number of imidazole rings is 2. The van der Waals surface area contributed by atoms with E-state index in [0.29, 0.717) is 11.2 Å². The molecule has 0 N–H and O–H groups in total. The van der Waals surface area contributed by atoms with Gasteiger partial charge in [-0.2, -0.15) is 5.26 Å². The number of hydrogen-bond acceptors (Lipinski definition) is 4. The number of nitrogens with zero attached hydrogens (tertiary/aromatic N) is 6. The number of aromatic nitrogens is 4. The number of rotatable bonds is 3. The van der Waals surface area contributed by atoms with Crippen LogP contribution in [0.5, 0.6) is 0 Å². The summed E-state index contributed by atoms with van der Waals surface area (Å²) in [5.41, 5.74) is 8.66. The lowest BCUT2D eigenvalue weighted by molar-refractivity contribution is 0.820. The van der Waals surface area contributed by atoms with E-state index >= 15 is 0 Å². The van der Waals surface area contributed by atoms with Crippen LogP contribution < -0.4 is 4.90 Å². The van der Waals surface area contributed by atoms with Gasteiger partial charge >= 0.3 is 0 Å². The Kier molecular flexibility index (Phi) is 4.21. The number of para-hydroxylation sites is 4. The summed E-state index contributed by atoms with van der Waals surface area (Å²) in [6.07, 6.45) is 0.718. The second-order valence-electron chi connectivity index (χ2n) is 9.04. The molecule has 0 amide bonds. The standard InChI is InChI=1S/C29H22N6/c1-19-21(17-20-9-3-2-4-10-20)28(34-16-15-33-25-13-7-5-11-23(25)32-29(33)34)35-26-14-8-6-12-24(26)31-27(35)22(19)18-30/h2-14H,15-17H2,1H3. The molecule has 0 fully saturated rings. The lowest BCUT2D eigenvalue weighted by Crippen LogP contribution is -2.21. The summed E-state index contributed by atoms with van der Waals surface area (Å²) < 4.78 is 4.47. The first kappa shape index (κ1) is 19.8. The van der Waals surface area contributed by atoms with E-state index in [9.17, 15) is 5.26 Å². The highest BCUT2D eigenvalue weighted by molar-refractivity contribution is 5.88. The molecule has 0 radical (unpaired) electrons. The molecule has 6 nitrogen and oxygen atoms in total. The highest BCUT2D eigenvalue weighted by atomic mass is 15.4. The predicted molar refractivity (Wildman–Crippen MR) is 138 cm³/mol. The summed E-state index contributed by atoms with van der Waals surface area (Å²) in [6, 6.07) is 29.3. The van der Waals surface area contributed by atoms with Gasteiger partial charge in [-0.3, -0.25) is 9.30 Å². The normalized spacial score (nSPS) is 13.1. The lowest BCUT2D eigenvalue weighted by Gasteiger charge is -2.24. The van der Waals surface area contributed by atoms with Gasteiger partial charge in [-0.05, 0) is 42.3 Å². The van der Waals surface area contributed by atoms with Gasteiger partial charge < -0.3 is 4.57 Å². The highest BCUT2D eigenvalue weighted by Crippen LogP contribution is 2.40. The number of benzene rings is 3. The predicted octanol–water partition coefficient (Wildman–Crippen LogP) is 5.76. The third kappa shape index (κ3) is 2.82. The van der Waals surface area contributed by atoms with Crippen LogP contribution >= 0.6 is 0 Å². The Morgan fingerprint density at radius 1 is 0.829 bits per heavy atom. The van der Waals surface area contributed by atoms with Gasteiger partial charge in [-0.25, -0.2) is 9.97 Å². The van der Waals surface area contributed by atoms with Crippen molar-refractivity contribution < 1.29 is 0 Å². The minimum atomic E-state index is 0.628. The molecule has 0 aliphatic carbocycles. The molecular formula is C29H22N6. The summed E-state index contributed by atoms with van der Waals surface area (Å²) in [5, 5.41) is 10.2. The molecule has 0 saturated heterocycles. The van der Waals surface area contributed by atoms with Crippen LogP contribution in [0.25, 0.3) is 27.7 Å². The molecular weight excluding hydrogens is 432 g/mol. The number of hydrogen-bond donors (Lipinski definition) is 0. The summed E-state index contributed by atoms with van der Waals surface area (Å²) in [4.78, 5) is 12.3. The van der Waals surface area contributed by atoms with E-state index < -0.39 is 0 Å². The van der Waals surface area contributed by atoms with Gasteiger partial charge in [0.05, 0.1) is 27.6 Å². The van der Waals surface area contributed by atoms with Crippen molar-refractivity contribution in [3.05, 3.63) is 101 Å². The van der Waals surface area contributed by atoms with Crippen molar-refractivity contribution in [1.82, 2.24) is 18.9 Å². The average molecular weight is 455 g/mol. The molecule has 35 heavy (non-hydrogen) atoms. The fraction of sp³-hybridized carbons (Fsp3) is 0.138. The van der Waals surface area contributed by atoms with Crippen LogP contribution in [-0.4, -0.2) is 25.5 Å². The zero-order valence-corrected chi connectivity index (χ0v) is 19.3. The van der Waals surface area contributed by atoms with Crippen LogP contribution in [0.3, 0.4) is 0 Å². The van der Waals surface area contributed by atoms with Crippen LogP contribution in [0.15, 0.2) is 78.9 Å². The highest BCUT2D eigenvalue weighted by Gasteiger charge is 2.31. The molecule has 4 heterocycles. The van der Waals surface area contributed by atoms with E-state index in [4.69, 9.17) is 9.97 Å². The number of fused-ring (bicyclic) bond motifs is 6. The quantitative estimate of drug-likeness (QED) is 0.341. The molecule has 0 spiro atoms. The summed E-state index contributed by atoms with van der Waals surface area (Å²) in [7, 11) is 0. The third-order valence-electron chi connectivity index (χ3n) is 7.11. The zero-order valence-electron chi connectivity index (χ0n) is 19.3. The van der Waals surface area contributed by atoms with Crippen molar-refractivity contribution >= 4 is 39.5 Å². The monoisotopic (exact) mass is 454 g/mol. The van der Waals surface area contributed by atoms with E-state index in [1.165, 1.54) is 5.56 Å². The number of nitriles is 1. The van der Waals surface area contributed by atoms with Gasteiger partial charge in [-0.1, -0.05) is 54.6 Å². The Morgan fingerprint density at radius 3 is 2.29 bits per heavy atom. The number of pyridine rings is 1. The van der Waals surface area contributed by atoms with Gasteiger partial charge in [0.1, 0.15) is 11.9 Å². The van der Waals surface area contributed by atoms with E-state index in [-0.39, 0.29) is 0 Å². The Balaban J connectivity index is 1.59. The molecule has 1 aliphatic rings. The Morgan fingerprint density at radius 2 is 1.51 bits per heavy atom. The summed E-state index contributed by atoms with van der Waals surface area (Å²) >= 11 is 0. The minimum Gasteiger partial charge on any atom is -0.308 e. The molecule has 1 aliphatic heterocycles. The average Bonchev–Trinajstić information content (AvgIpc) is 3.57. The lowest BCUT2D eigenvalue weighted by atomic mass is 9.97. The first-order valence-corrected chi connectivity index (χ1v) is 11.8. The van der Waals surface area contributed by atoms with Crippen molar-refractivity contribution in [3.8, 4) is 6.07 Å². The third-order valence-corrected chi connectivity index (χ3v) is 7.11. The van der Waals surface area contributed by atoms with Crippen LogP contribution in [0.2, 0.25) is 0 Å². The van der Waals surface area contributed by atoms with Gasteiger partial charge in [0, 0.05) is 25.1 Å². The molecule has 0 unspecified atom stereocenters. The number of anilines is 2. The van der Waals surface area contributed by atoms with Crippen LogP contribution in [-0.2, 0) is 13.0 Å². The smallest absolute Gasteiger partial charge is 0.212 e. The van der Waals surface area contributed by atoms with Crippen LogP contribution in [0, 0.1) is 18.3 Å². The maximum absolute atomic E-state index is 10.2. The minimum absolute atomic E-state index is 0.628. The van der Waals surface area contributed by atoms with Gasteiger partial charge in [-0.15, -0.1) is 0 Å². The van der Waals surface area contributed by atoms with Crippen molar-refractivity contribution in [2.45, 2.75) is 19.9 Å². The summed E-state index contributed by atoms with van der Waals surface area (Å²) in [6.45, 7) is 3.72. The van der Waals surface area contributed by atoms with Gasteiger partial charge in [0.15, 0.2) is 5.65 Å². The van der Waals surface area contributed by atoms with Crippen LogP contribution in [0.1, 0.15) is 22.3 Å². The largest absolute Gasteiger partial charge is 0.308 e. The van der Waals surface area contributed by atoms with E-state index in [1.807, 2.05) is 30.3 Å². The molecule has 6 heteroatoms. The van der Waals surface area contributed by atoms with Gasteiger partial charge in [0.2, 0.25) is 5.95 Å². The second-order valence-corrected chi connectivity index (χ2v) is 9.04. The van der Waals surface area contributed by atoms with Crippen molar-refractivity contribution in [2.24, 2.45) is 0 Å². The first-order valence-electron chi connectivity index (χ1n) is 11.8. The Labute approximate surface area is 202 Å². The zero-order chi connectivity index (χ0) is 23.5. The Bertz CT molecular complexity index is 1800. The molecule has 3 aromatic heterocycles. The van der Waals surface area contributed by atoms with Crippen molar-refractivity contribution in [3.63, 3.8) is 0 Å². The molecule has 6 aromatic rings. The maximum atomic E-state index is 10.2. The first-order chi connectivity index (χ1) is 17.2. The maximum Gasteiger partial charge on any atom is 0.212 e. The van der Waals surface area contributed by atoms with E-state index in [2.05, 4.69) is 75.4 Å². The topological polar surface area (TPSA) is 62.1 Å². The Hall–Kier alpha value is -4.63. The summed E-state index contributed by atoms with van der Waals surface area (Å²) in [5.74, 6) is 1.98. The molecule has 0 bridgehead atoms. The fourth-order valence-corrected chi connectivity index (χ4v) is 5.45. The van der Waals surface area contributed by atoms with Crippen molar-refractivity contribution in [1.29, 1.82) is 5.26 Å². The van der Waals surface area contributed by atoms with Gasteiger partial charge in [0.25, 0.3) is 0 Å². The fourth-order valence-electron chi connectivity index (χ4n) is 5.45. The SMILES string of the molecule is Cc1c(Cc2ccccc2)c(N2CCn3c2nc2ccccc23)n2c(nc3ccccc32)c1C#N.